The van der Waals surface area contributed by atoms with Crippen LogP contribution >= 0.6 is 0 Å². The van der Waals surface area contributed by atoms with Crippen LogP contribution in [0.3, 0.4) is 0 Å². The van der Waals surface area contributed by atoms with E-state index in [4.69, 9.17) is 9.47 Å². The van der Waals surface area contributed by atoms with Crippen LogP contribution in [0.2, 0.25) is 0 Å². The summed E-state index contributed by atoms with van der Waals surface area (Å²) in [7, 11) is 1.45. The number of benzene rings is 2. The molecule has 0 aromatic heterocycles. The second-order valence-electron chi connectivity index (χ2n) is 5.61. The second kappa shape index (κ2) is 7.32. The van der Waals surface area contributed by atoms with Crippen molar-refractivity contribution in [3.8, 4) is 11.5 Å². The molecule has 0 unspecified atom stereocenters. The van der Waals surface area contributed by atoms with Gasteiger partial charge in [0.15, 0.2) is 17.3 Å². The number of ether oxygens (including phenoxy) is 2. The Morgan fingerprint density at radius 1 is 1.12 bits per heavy atom. The maximum Gasteiger partial charge on any atom is 0.189 e. The highest BCUT2D eigenvalue weighted by Gasteiger charge is 2.21. The number of Topliss-reactive ketones (excluding diaryl/α,β-unsaturated/α-hetero) is 1. The van der Waals surface area contributed by atoms with Gasteiger partial charge in [-0.15, -0.1) is 0 Å². The number of carbonyl (C=O) groups excluding carboxylic acids is 1. The van der Waals surface area contributed by atoms with E-state index in [1.807, 2.05) is 0 Å². The molecule has 1 heterocycles. The molecule has 0 aliphatic carbocycles. The molecule has 1 N–H and O–H groups in total. The maximum atomic E-state index is 13.8. The molecule has 1 fully saturated rings. The van der Waals surface area contributed by atoms with Crippen LogP contribution < -0.4 is 4.74 Å². The molecule has 2 aromatic rings. The summed E-state index contributed by atoms with van der Waals surface area (Å²) in [5.74, 6) is -0.222. The van der Waals surface area contributed by atoms with Crippen molar-refractivity contribution < 1.29 is 23.8 Å². The molecule has 3 rings (SSSR count). The Hall–Kier alpha value is -2.92. The summed E-state index contributed by atoms with van der Waals surface area (Å²) in [5.41, 5.74) is 1.91. The monoisotopic (exact) mass is 340 g/mol. The van der Waals surface area contributed by atoms with Crippen LogP contribution in [-0.2, 0) is 9.53 Å². The molecule has 1 saturated heterocycles. The predicted molar refractivity (Wildman–Crippen MR) is 92.8 cm³/mol. The van der Waals surface area contributed by atoms with Gasteiger partial charge < -0.3 is 14.6 Å². The van der Waals surface area contributed by atoms with Crippen molar-refractivity contribution >= 4 is 17.9 Å². The summed E-state index contributed by atoms with van der Waals surface area (Å²) in [6, 6.07) is 11.1. The number of phenols is 1. The lowest BCUT2D eigenvalue weighted by Gasteiger charge is -2.17. The van der Waals surface area contributed by atoms with E-state index in [1.54, 1.807) is 36.4 Å². The minimum atomic E-state index is -0.387. The van der Waals surface area contributed by atoms with E-state index < -0.39 is 0 Å². The first-order valence-electron chi connectivity index (χ1n) is 7.73. The van der Waals surface area contributed by atoms with E-state index >= 15 is 0 Å². The minimum absolute atomic E-state index is 0.0241. The summed E-state index contributed by atoms with van der Waals surface area (Å²) in [6.45, 7) is 0.319. The van der Waals surface area contributed by atoms with Crippen LogP contribution in [-0.4, -0.2) is 31.2 Å². The molecule has 0 radical (unpaired) electrons. The molecule has 1 aliphatic heterocycles. The first-order chi connectivity index (χ1) is 12.1. The largest absolute Gasteiger partial charge is 0.504 e. The Bertz CT molecular complexity index is 868. The van der Waals surface area contributed by atoms with Crippen LogP contribution in [0.5, 0.6) is 11.5 Å². The molecular weight excluding hydrogens is 323 g/mol. The fourth-order valence-electron chi connectivity index (χ4n) is 2.59. The molecule has 0 spiro atoms. The molecule has 0 atom stereocenters. The Morgan fingerprint density at radius 3 is 2.56 bits per heavy atom. The first-order valence-corrected chi connectivity index (χ1v) is 7.73. The van der Waals surface area contributed by atoms with Gasteiger partial charge in [-0.1, -0.05) is 24.3 Å². The molecule has 0 amide bonds. The van der Waals surface area contributed by atoms with Gasteiger partial charge in [-0.05, 0) is 35.9 Å². The Balaban J connectivity index is 1.91. The molecule has 0 bridgehead atoms. The number of aromatic hydroxyl groups is 1. The van der Waals surface area contributed by atoms with Crippen LogP contribution in [0, 0.1) is 5.82 Å². The van der Waals surface area contributed by atoms with Gasteiger partial charge in [0.05, 0.1) is 20.3 Å². The number of methoxy groups -OCH3 is 1. The van der Waals surface area contributed by atoms with Crippen LogP contribution in [0.25, 0.3) is 12.2 Å². The average Bonchev–Trinajstić information content (AvgIpc) is 2.62. The number of hydrogen-bond donors (Lipinski definition) is 1. The number of rotatable bonds is 3. The minimum Gasteiger partial charge on any atom is -0.504 e. The highest BCUT2D eigenvalue weighted by Crippen LogP contribution is 2.28. The molecule has 5 heteroatoms. The summed E-state index contributed by atoms with van der Waals surface area (Å²) < 4.78 is 24.3. The van der Waals surface area contributed by atoms with E-state index in [1.165, 1.54) is 25.3 Å². The van der Waals surface area contributed by atoms with Crippen LogP contribution in [0.1, 0.15) is 11.1 Å². The zero-order valence-corrected chi connectivity index (χ0v) is 13.7. The van der Waals surface area contributed by atoms with Crippen LogP contribution in [0.15, 0.2) is 53.6 Å². The fraction of sp³-hybridized carbons (Fsp3) is 0.150. The quantitative estimate of drug-likeness (QED) is 0.868. The third-order valence-corrected chi connectivity index (χ3v) is 3.88. The smallest absolute Gasteiger partial charge is 0.189 e. The lowest BCUT2D eigenvalue weighted by atomic mass is 9.97. The summed E-state index contributed by atoms with van der Waals surface area (Å²) >= 11 is 0. The van der Waals surface area contributed by atoms with Gasteiger partial charge >= 0.3 is 0 Å². The molecular formula is C20H17FO4. The third kappa shape index (κ3) is 3.78. The van der Waals surface area contributed by atoms with E-state index in [-0.39, 0.29) is 30.6 Å². The molecule has 128 valence electrons. The van der Waals surface area contributed by atoms with Gasteiger partial charge in [0.25, 0.3) is 0 Å². The van der Waals surface area contributed by atoms with Crippen molar-refractivity contribution in [2.45, 2.75) is 0 Å². The van der Waals surface area contributed by atoms with E-state index in [2.05, 4.69) is 0 Å². The molecule has 2 aromatic carbocycles. The molecule has 4 nitrogen and oxygen atoms in total. The highest BCUT2D eigenvalue weighted by atomic mass is 19.1. The predicted octanol–water partition coefficient (Wildman–Crippen LogP) is 3.61. The second-order valence-corrected chi connectivity index (χ2v) is 5.61. The van der Waals surface area contributed by atoms with Crippen molar-refractivity contribution in [2.75, 3.05) is 20.3 Å². The molecule has 1 aliphatic rings. The maximum absolute atomic E-state index is 13.8. The zero-order chi connectivity index (χ0) is 17.8. The van der Waals surface area contributed by atoms with Gasteiger partial charge in [-0.3, -0.25) is 4.79 Å². The number of phenolic OH excluding ortho intramolecular Hbond substituents is 1. The summed E-state index contributed by atoms with van der Waals surface area (Å²) in [5, 5.41) is 9.64. The normalized spacial score (nSPS) is 17.9. The number of ketones is 1. The number of carbonyl (C=O) groups is 1. The van der Waals surface area contributed by atoms with E-state index in [0.717, 1.165) is 0 Å². The standard InChI is InChI=1S/C20H17FO4/c1-24-19-9-13(6-7-18(19)22)8-15-11-25-12-16(20(15)23)10-14-4-2-3-5-17(14)21/h2-10,22H,11-12H2,1H3/b15-8+,16-10+. The van der Waals surface area contributed by atoms with E-state index in [9.17, 15) is 14.3 Å². The topological polar surface area (TPSA) is 55.8 Å². The van der Waals surface area contributed by atoms with Crippen molar-refractivity contribution in [2.24, 2.45) is 0 Å². The van der Waals surface area contributed by atoms with E-state index in [0.29, 0.717) is 28.0 Å². The number of halogens is 1. The van der Waals surface area contributed by atoms with Crippen molar-refractivity contribution in [1.29, 1.82) is 0 Å². The first kappa shape index (κ1) is 16.9. The van der Waals surface area contributed by atoms with Gasteiger partial charge in [-0.25, -0.2) is 4.39 Å². The van der Waals surface area contributed by atoms with Gasteiger partial charge in [-0.2, -0.15) is 0 Å². The zero-order valence-electron chi connectivity index (χ0n) is 13.7. The lowest BCUT2D eigenvalue weighted by Crippen LogP contribution is -2.22. The SMILES string of the molecule is COc1cc(/C=C2\COC/C(=C\c3ccccc3F)C2=O)ccc1O. The Labute approximate surface area is 144 Å². The average molecular weight is 340 g/mol. The number of hydrogen-bond acceptors (Lipinski definition) is 4. The van der Waals surface area contributed by atoms with Crippen molar-refractivity contribution in [3.05, 3.63) is 70.6 Å². The summed E-state index contributed by atoms with van der Waals surface area (Å²) in [6.07, 6.45) is 3.20. The van der Waals surface area contributed by atoms with Crippen LogP contribution in [0.4, 0.5) is 4.39 Å². The van der Waals surface area contributed by atoms with Crippen molar-refractivity contribution in [1.82, 2.24) is 0 Å². The van der Waals surface area contributed by atoms with Gasteiger partial charge in [0.1, 0.15) is 5.82 Å². The third-order valence-electron chi connectivity index (χ3n) is 3.88. The highest BCUT2D eigenvalue weighted by molar-refractivity contribution is 6.14. The summed E-state index contributed by atoms with van der Waals surface area (Å²) in [4.78, 5) is 12.6. The lowest BCUT2D eigenvalue weighted by molar-refractivity contribution is -0.114. The molecule has 25 heavy (non-hydrogen) atoms. The van der Waals surface area contributed by atoms with Gasteiger partial charge in [0.2, 0.25) is 0 Å². The molecule has 0 saturated carbocycles. The fourth-order valence-corrected chi connectivity index (χ4v) is 2.59. The Morgan fingerprint density at radius 2 is 1.84 bits per heavy atom. The van der Waals surface area contributed by atoms with Crippen molar-refractivity contribution in [3.63, 3.8) is 0 Å². The van der Waals surface area contributed by atoms with Gasteiger partial charge in [0, 0.05) is 16.7 Å². The Kier molecular flexibility index (Phi) is 4.95.